The van der Waals surface area contributed by atoms with Gasteiger partial charge in [-0.2, -0.15) is 12.7 Å². The number of rotatable bonds is 4. The van der Waals surface area contributed by atoms with Crippen molar-refractivity contribution in [3.8, 4) is 0 Å². The van der Waals surface area contributed by atoms with Crippen LogP contribution in [0.5, 0.6) is 0 Å². The molecule has 17 heavy (non-hydrogen) atoms. The maximum absolute atomic E-state index is 13.5. The van der Waals surface area contributed by atoms with Crippen LogP contribution in [-0.2, 0) is 10.2 Å². The minimum absolute atomic E-state index is 0.144. The maximum atomic E-state index is 13.5. The fourth-order valence-corrected chi connectivity index (χ4v) is 2.37. The summed E-state index contributed by atoms with van der Waals surface area (Å²) >= 11 is 2.80. The topological polar surface area (TPSA) is 49.4 Å². The van der Waals surface area contributed by atoms with Gasteiger partial charge in [-0.1, -0.05) is 6.92 Å². The third-order valence-electron chi connectivity index (χ3n) is 2.09. The number of hydrogen-bond donors (Lipinski definition) is 1. The van der Waals surface area contributed by atoms with E-state index in [0.717, 1.165) is 16.4 Å². The smallest absolute Gasteiger partial charge is 0.268 e. The maximum Gasteiger partial charge on any atom is 0.301 e. The highest BCUT2D eigenvalue weighted by Gasteiger charge is 2.19. The molecule has 0 aliphatic heterocycles. The normalized spacial score (nSPS) is 11.9. The molecule has 0 atom stereocenters. The molecule has 0 radical (unpaired) electrons. The molecule has 0 amide bonds. The van der Waals surface area contributed by atoms with E-state index in [4.69, 9.17) is 0 Å². The predicted molar refractivity (Wildman–Crippen MR) is 64.9 cm³/mol. The Morgan fingerprint density at radius 1 is 1.41 bits per heavy atom. The molecule has 0 saturated heterocycles. The van der Waals surface area contributed by atoms with Gasteiger partial charge in [0.1, 0.15) is 5.82 Å². The van der Waals surface area contributed by atoms with Crippen molar-refractivity contribution in [2.45, 2.75) is 6.92 Å². The van der Waals surface area contributed by atoms with Crippen molar-refractivity contribution in [2.75, 3.05) is 18.3 Å². The summed E-state index contributed by atoms with van der Waals surface area (Å²) in [4.78, 5) is 0. The molecule has 1 rings (SSSR count). The third-order valence-corrected chi connectivity index (χ3v) is 4.22. The molecule has 1 aromatic carbocycles. The van der Waals surface area contributed by atoms with E-state index in [1.54, 1.807) is 6.92 Å². The first-order valence-electron chi connectivity index (χ1n) is 4.66. The highest BCUT2D eigenvalue weighted by molar-refractivity contribution is 9.10. The fourth-order valence-electron chi connectivity index (χ4n) is 1.02. The van der Waals surface area contributed by atoms with E-state index in [1.165, 1.54) is 7.05 Å². The summed E-state index contributed by atoms with van der Waals surface area (Å²) in [5.41, 5.74) is -0.433. The van der Waals surface area contributed by atoms with Crippen LogP contribution >= 0.6 is 15.9 Å². The van der Waals surface area contributed by atoms with Gasteiger partial charge in [-0.15, -0.1) is 0 Å². The third kappa shape index (κ3) is 3.36. The van der Waals surface area contributed by atoms with Gasteiger partial charge < -0.3 is 0 Å². The summed E-state index contributed by atoms with van der Waals surface area (Å²) in [5.74, 6) is -1.60. The van der Waals surface area contributed by atoms with Crippen LogP contribution in [0.1, 0.15) is 6.92 Å². The highest BCUT2D eigenvalue weighted by atomic mass is 79.9. The summed E-state index contributed by atoms with van der Waals surface area (Å²) in [6.45, 7) is 1.84. The lowest BCUT2D eigenvalue weighted by Gasteiger charge is -2.16. The zero-order valence-corrected chi connectivity index (χ0v) is 11.6. The van der Waals surface area contributed by atoms with Gasteiger partial charge >= 0.3 is 10.2 Å². The predicted octanol–water partition coefficient (Wildman–Crippen LogP) is 2.34. The highest BCUT2D eigenvalue weighted by Crippen LogP contribution is 2.25. The number of anilines is 1. The number of nitrogens with one attached hydrogen (secondary N) is 1. The molecule has 1 N–H and O–H groups in total. The van der Waals surface area contributed by atoms with Crippen LogP contribution < -0.4 is 4.72 Å². The molecule has 1 aromatic rings. The van der Waals surface area contributed by atoms with E-state index in [9.17, 15) is 17.2 Å². The van der Waals surface area contributed by atoms with Gasteiger partial charge in [0.2, 0.25) is 0 Å². The average Bonchev–Trinajstić information content (AvgIpc) is 2.23. The van der Waals surface area contributed by atoms with Crippen LogP contribution in [-0.4, -0.2) is 26.3 Å². The SMILES string of the molecule is CCN(C)S(=O)(=O)Nc1cc(F)cc(Br)c1F. The molecular weight excluding hydrogens is 318 g/mol. The van der Waals surface area contributed by atoms with E-state index in [2.05, 4.69) is 15.9 Å². The van der Waals surface area contributed by atoms with Crippen LogP contribution in [0.4, 0.5) is 14.5 Å². The molecule has 0 bridgehead atoms. The summed E-state index contributed by atoms with van der Waals surface area (Å²) < 4.78 is 52.6. The van der Waals surface area contributed by atoms with Crippen LogP contribution in [0.3, 0.4) is 0 Å². The van der Waals surface area contributed by atoms with E-state index in [1.807, 2.05) is 4.72 Å². The van der Waals surface area contributed by atoms with Gasteiger partial charge in [0.05, 0.1) is 10.2 Å². The Labute approximate surface area is 107 Å². The van der Waals surface area contributed by atoms with Crippen molar-refractivity contribution in [2.24, 2.45) is 0 Å². The summed E-state index contributed by atoms with van der Waals surface area (Å²) in [6, 6.07) is 1.69. The zero-order chi connectivity index (χ0) is 13.2. The monoisotopic (exact) mass is 328 g/mol. The van der Waals surface area contributed by atoms with E-state index >= 15 is 0 Å². The Morgan fingerprint density at radius 2 is 2.00 bits per heavy atom. The van der Waals surface area contributed by atoms with Gasteiger partial charge in [-0.25, -0.2) is 8.78 Å². The first-order chi connectivity index (χ1) is 7.77. The molecular formula is C9H11BrF2N2O2S. The lowest BCUT2D eigenvalue weighted by atomic mass is 10.3. The van der Waals surface area contributed by atoms with Gasteiger partial charge in [-0.05, 0) is 22.0 Å². The Hall–Kier alpha value is -0.730. The first kappa shape index (κ1) is 14.3. The largest absolute Gasteiger partial charge is 0.301 e. The molecule has 0 aliphatic carbocycles. The van der Waals surface area contributed by atoms with Gasteiger partial charge in [0.15, 0.2) is 5.82 Å². The minimum Gasteiger partial charge on any atom is -0.268 e. The zero-order valence-electron chi connectivity index (χ0n) is 9.17. The van der Waals surface area contributed by atoms with Gasteiger partial charge in [-0.3, -0.25) is 4.72 Å². The van der Waals surface area contributed by atoms with Crippen molar-refractivity contribution in [3.63, 3.8) is 0 Å². The van der Waals surface area contributed by atoms with E-state index < -0.39 is 27.5 Å². The van der Waals surface area contributed by atoms with Crippen molar-refractivity contribution >= 4 is 31.8 Å². The lowest BCUT2D eigenvalue weighted by molar-refractivity contribution is 0.491. The van der Waals surface area contributed by atoms with Crippen LogP contribution in [0.2, 0.25) is 0 Å². The average molecular weight is 329 g/mol. The Balaban J connectivity index is 3.12. The first-order valence-corrected chi connectivity index (χ1v) is 6.90. The molecule has 0 fully saturated rings. The van der Waals surface area contributed by atoms with E-state index in [0.29, 0.717) is 0 Å². The van der Waals surface area contributed by atoms with Gasteiger partial charge in [0, 0.05) is 19.7 Å². The molecule has 0 heterocycles. The minimum atomic E-state index is -3.86. The van der Waals surface area contributed by atoms with Crippen molar-refractivity contribution < 1.29 is 17.2 Å². The van der Waals surface area contributed by atoms with Crippen molar-refractivity contribution in [1.29, 1.82) is 0 Å². The fraction of sp³-hybridized carbons (Fsp3) is 0.333. The second-order valence-electron chi connectivity index (χ2n) is 3.27. The number of benzene rings is 1. The van der Waals surface area contributed by atoms with Gasteiger partial charge in [0.25, 0.3) is 0 Å². The van der Waals surface area contributed by atoms with Crippen LogP contribution in [0.15, 0.2) is 16.6 Å². The molecule has 0 aromatic heterocycles. The molecule has 0 aliphatic rings. The Kier molecular flexibility index (Phi) is 4.45. The van der Waals surface area contributed by atoms with E-state index in [-0.39, 0.29) is 11.0 Å². The molecule has 4 nitrogen and oxygen atoms in total. The molecule has 96 valence electrons. The summed E-state index contributed by atoms with van der Waals surface area (Å²) in [6.07, 6.45) is 0. The second kappa shape index (κ2) is 5.28. The molecule has 0 saturated carbocycles. The Bertz CT molecular complexity index is 522. The Morgan fingerprint density at radius 3 is 2.53 bits per heavy atom. The number of halogens is 3. The van der Waals surface area contributed by atoms with Crippen LogP contribution in [0.25, 0.3) is 0 Å². The molecule has 8 heteroatoms. The standard InChI is InChI=1S/C9H11BrF2N2O2S/c1-3-14(2)17(15,16)13-8-5-6(11)4-7(10)9(8)12/h4-5,13H,3H2,1-2H3. The number of hydrogen-bond acceptors (Lipinski definition) is 2. The summed E-state index contributed by atoms with van der Waals surface area (Å²) in [5, 5.41) is 0. The second-order valence-corrected chi connectivity index (χ2v) is 5.90. The van der Waals surface area contributed by atoms with Crippen molar-refractivity contribution in [1.82, 2.24) is 4.31 Å². The molecule has 0 unspecified atom stereocenters. The summed E-state index contributed by atoms with van der Waals surface area (Å²) in [7, 11) is -2.54. The molecule has 0 spiro atoms. The van der Waals surface area contributed by atoms with Crippen LogP contribution in [0, 0.1) is 11.6 Å². The quantitative estimate of drug-likeness (QED) is 0.862. The number of nitrogens with zero attached hydrogens (tertiary/aromatic N) is 1. The lowest BCUT2D eigenvalue weighted by Crippen LogP contribution is -2.32. The van der Waals surface area contributed by atoms with Crippen molar-refractivity contribution in [3.05, 3.63) is 28.2 Å².